The predicted molar refractivity (Wildman–Crippen MR) is 88.1 cm³/mol. The fourth-order valence-electron chi connectivity index (χ4n) is 1.72. The molecular formula is C15H15F3N2O4SSc-2. The van der Waals surface area contributed by atoms with Crippen LogP contribution in [0.5, 0.6) is 0 Å². The van der Waals surface area contributed by atoms with Crippen molar-refractivity contribution in [3.05, 3.63) is 64.6 Å². The first-order valence-electron chi connectivity index (χ1n) is 6.31. The Labute approximate surface area is 169 Å². The van der Waals surface area contributed by atoms with Crippen molar-refractivity contribution in [1.82, 2.24) is 10.3 Å². The summed E-state index contributed by atoms with van der Waals surface area (Å²) in [5.74, 6) is -0.679. The number of alkyl halides is 3. The number of carbonyl (C=O) groups is 1. The maximum atomic E-state index is 12.6. The first-order chi connectivity index (χ1) is 10.7. The molecule has 1 radical (unpaired) electrons. The van der Waals surface area contributed by atoms with Crippen LogP contribution < -0.4 is 10.9 Å². The number of rotatable bonds is 4. The second kappa shape index (κ2) is 10.6. The van der Waals surface area contributed by atoms with E-state index in [1.54, 1.807) is 0 Å². The number of carbonyl (C=O) groups excluding carboxylic acids is 1. The van der Waals surface area contributed by atoms with Crippen LogP contribution in [0.4, 0.5) is 13.2 Å². The van der Waals surface area contributed by atoms with E-state index in [4.69, 9.17) is 6.58 Å². The minimum Gasteiger partial charge on any atom is -0.519 e. The van der Waals surface area contributed by atoms with E-state index in [-0.39, 0.29) is 52.9 Å². The van der Waals surface area contributed by atoms with Gasteiger partial charge in [0.2, 0.25) is 0 Å². The van der Waals surface area contributed by atoms with Crippen LogP contribution in [0, 0.1) is 13.5 Å². The number of amides is 1. The standard InChI is InChI=1S/C15H11F3N2O2S.2H2O.Sc/c1-3-8(2)19-13(21)10-4-5-11(20-14(10)22)12-6-9(7-23-12)15(16,17)18;;;/h1,3-8H,2H2,(H,19,21)(H,20,22);2*1H2;/q-2;;;/t8-;;;/m0.../s1. The molecule has 26 heavy (non-hydrogen) atoms. The molecule has 0 bridgehead atoms. The number of pyridine rings is 1. The SMILES string of the molecule is O.O.[CH-]=C[C@H]([CH2-])NC(=O)c1ccc(-c2cc(C(F)(F)F)cs2)[nH]c1=O.[Sc]. The van der Waals surface area contributed by atoms with E-state index in [1.807, 2.05) is 0 Å². The zero-order chi connectivity index (χ0) is 17.2. The Kier molecular flexibility index (Phi) is 10.8. The number of nitrogens with one attached hydrogen (secondary N) is 2. The van der Waals surface area contributed by atoms with Crippen LogP contribution >= 0.6 is 11.3 Å². The van der Waals surface area contributed by atoms with Crippen molar-refractivity contribution in [2.24, 2.45) is 0 Å². The van der Waals surface area contributed by atoms with Gasteiger partial charge in [-0.2, -0.15) is 13.2 Å². The van der Waals surface area contributed by atoms with E-state index in [9.17, 15) is 22.8 Å². The van der Waals surface area contributed by atoms with Crippen LogP contribution in [-0.4, -0.2) is 27.9 Å². The average Bonchev–Trinajstić information content (AvgIpc) is 2.96. The molecule has 0 aromatic carbocycles. The average molecular weight is 421 g/mol. The van der Waals surface area contributed by atoms with Gasteiger partial charge in [-0.3, -0.25) is 15.7 Å². The third-order valence-electron chi connectivity index (χ3n) is 2.90. The molecule has 1 amide bonds. The van der Waals surface area contributed by atoms with E-state index in [0.29, 0.717) is 0 Å². The van der Waals surface area contributed by atoms with Gasteiger partial charge in [0.15, 0.2) is 0 Å². The molecule has 0 aliphatic rings. The number of hydrogen-bond acceptors (Lipinski definition) is 3. The van der Waals surface area contributed by atoms with E-state index in [1.165, 1.54) is 12.1 Å². The van der Waals surface area contributed by atoms with Crippen LogP contribution in [0.15, 0.2) is 34.4 Å². The number of aromatic amines is 1. The summed E-state index contributed by atoms with van der Waals surface area (Å²) in [6.45, 7) is 8.71. The molecule has 2 aromatic heterocycles. The van der Waals surface area contributed by atoms with E-state index < -0.39 is 29.2 Å². The Bertz CT molecular complexity index is 805. The second-order valence-corrected chi connectivity index (χ2v) is 5.50. The molecule has 6 nitrogen and oxygen atoms in total. The molecule has 0 aliphatic heterocycles. The Hall–Kier alpha value is -1.56. The quantitative estimate of drug-likeness (QED) is 0.725. The summed E-state index contributed by atoms with van der Waals surface area (Å²) in [5, 5.41) is 3.33. The maximum Gasteiger partial charge on any atom is 0.417 e. The number of halogens is 3. The van der Waals surface area contributed by atoms with Crippen molar-refractivity contribution >= 4 is 17.2 Å². The summed E-state index contributed by atoms with van der Waals surface area (Å²) >= 11 is 0.845. The number of H-pyrrole nitrogens is 1. The van der Waals surface area contributed by atoms with Gasteiger partial charge in [0.05, 0.1) is 16.1 Å². The summed E-state index contributed by atoms with van der Waals surface area (Å²) < 4.78 is 37.8. The fraction of sp³-hybridized carbons (Fsp3) is 0.133. The minimum atomic E-state index is -4.45. The molecular weight excluding hydrogens is 406 g/mol. The van der Waals surface area contributed by atoms with E-state index >= 15 is 0 Å². The molecule has 0 fully saturated rings. The van der Waals surface area contributed by atoms with Crippen molar-refractivity contribution in [3.63, 3.8) is 0 Å². The van der Waals surface area contributed by atoms with Crippen molar-refractivity contribution < 1.29 is 54.8 Å². The normalized spacial score (nSPS) is 11.2. The van der Waals surface area contributed by atoms with Crippen LogP contribution in [-0.2, 0) is 32.0 Å². The van der Waals surface area contributed by atoms with Crippen molar-refractivity contribution in [2.75, 3.05) is 0 Å². The van der Waals surface area contributed by atoms with Crippen molar-refractivity contribution in [3.8, 4) is 10.6 Å². The van der Waals surface area contributed by atoms with Gasteiger partial charge in [-0.05, 0) is 18.2 Å². The number of thiophene rings is 1. The zero-order valence-corrected chi connectivity index (χ0v) is 15.8. The maximum absolute atomic E-state index is 12.6. The number of hydrogen-bond donors (Lipinski definition) is 2. The molecule has 2 rings (SSSR count). The first kappa shape index (κ1) is 26.7. The molecule has 0 spiro atoms. The minimum absolute atomic E-state index is 0. The Balaban J connectivity index is 0. The van der Waals surface area contributed by atoms with Gasteiger partial charge in [-0.1, -0.05) is 0 Å². The molecule has 1 atom stereocenters. The summed E-state index contributed by atoms with van der Waals surface area (Å²) in [5.41, 5.74) is -1.50. The monoisotopic (exact) mass is 421 g/mol. The van der Waals surface area contributed by atoms with E-state index in [0.717, 1.165) is 28.9 Å². The molecule has 0 aliphatic carbocycles. The molecule has 0 saturated heterocycles. The largest absolute Gasteiger partial charge is 0.519 e. The van der Waals surface area contributed by atoms with Gasteiger partial charge >= 0.3 is 6.18 Å². The Morgan fingerprint density at radius 3 is 2.42 bits per heavy atom. The van der Waals surface area contributed by atoms with Gasteiger partial charge in [0.25, 0.3) is 11.5 Å². The summed E-state index contributed by atoms with van der Waals surface area (Å²) in [6, 6.07) is 2.87. The topological polar surface area (TPSA) is 125 Å². The van der Waals surface area contributed by atoms with Gasteiger partial charge in [-0.15, -0.1) is 17.4 Å². The van der Waals surface area contributed by atoms with Crippen molar-refractivity contribution in [2.45, 2.75) is 12.2 Å². The summed E-state index contributed by atoms with van der Waals surface area (Å²) in [4.78, 5) is 26.4. The van der Waals surface area contributed by atoms with Crippen molar-refractivity contribution in [1.29, 1.82) is 0 Å². The molecule has 6 N–H and O–H groups in total. The third-order valence-corrected chi connectivity index (χ3v) is 3.86. The molecule has 0 saturated carbocycles. The van der Waals surface area contributed by atoms with Crippen LogP contribution in [0.3, 0.4) is 0 Å². The molecule has 11 heteroatoms. The first-order valence-corrected chi connectivity index (χ1v) is 7.18. The van der Waals surface area contributed by atoms with Crippen LogP contribution in [0.1, 0.15) is 15.9 Å². The Morgan fingerprint density at radius 2 is 1.96 bits per heavy atom. The summed E-state index contributed by atoms with van der Waals surface area (Å²) in [6.07, 6.45) is -3.30. The van der Waals surface area contributed by atoms with Crippen LogP contribution in [0.2, 0.25) is 0 Å². The predicted octanol–water partition coefficient (Wildman–Crippen LogP) is 1.39. The molecule has 2 heterocycles. The molecule has 0 unspecified atom stereocenters. The van der Waals surface area contributed by atoms with Crippen LogP contribution in [0.25, 0.3) is 10.6 Å². The number of aromatic nitrogens is 1. The summed E-state index contributed by atoms with van der Waals surface area (Å²) in [7, 11) is 0. The second-order valence-electron chi connectivity index (χ2n) is 4.58. The smallest absolute Gasteiger partial charge is 0.417 e. The molecule has 2 aromatic rings. The third kappa shape index (κ3) is 6.31. The van der Waals surface area contributed by atoms with Gasteiger partial charge < -0.3 is 34.8 Å². The van der Waals surface area contributed by atoms with Gasteiger partial charge in [0.1, 0.15) is 5.56 Å². The fourth-order valence-corrected chi connectivity index (χ4v) is 2.61. The zero-order valence-electron chi connectivity index (χ0n) is 13.2. The van der Waals surface area contributed by atoms with Gasteiger partial charge in [0, 0.05) is 31.2 Å². The Morgan fingerprint density at radius 1 is 1.35 bits per heavy atom. The molecule has 141 valence electrons. The van der Waals surface area contributed by atoms with E-state index in [2.05, 4.69) is 17.2 Å². The van der Waals surface area contributed by atoms with Gasteiger partial charge in [-0.25, -0.2) is 0 Å².